The lowest BCUT2D eigenvalue weighted by atomic mass is 10.1. The lowest BCUT2D eigenvalue weighted by Crippen LogP contribution is -2.54. The molecule has 5 heteroatoms. The fraction of sp³-hybridized carbons (Fsp3) is 0.722. The van der Waals surface area contributed by atoms with E-state index in [9.17, 15) is 4.79 Å². The van der Waals surface area contributed by atoms with Gasteiger partial charge in [0, 0.05) is 32.2 Å². The van der Waals surface area contributed by atoms with E-state index in [2.05, 4.69) is 30.1 Å². The Balaban J connectivity index is 1.67. The summed E-state index contributed by atoms with van der Waals surface area (Å²) in [5.41, 5.74) is 5.85. The molecule has 2 atom stereocenters. The van der Waals surface area contributed by atoms with Crippen LogP contribution in [0.5, 0.6) is 0 Å². The van der Waals surface area contributed by atoms with Crippen molar-refractivity contribution in [1.29, 1.82) is 0 Å². The van der Waals surface area contributed by atoms with Gasteiger partial charge in [-0.05, 0) is 44.8 Å². The van der Waals surface area contributed by atoms with Crippen molar-refractivity contribution in [2.45, 2.75) is 51.6 Å². The van der Waals surface area contributed by atoms with Gasteiger partial charge in [0.1, 0.15) is 5.76 Å². The summed E-state index contributed by atoms with van der Waals surface area (Å²) in [5.74, 6) is 1.10. The molecule has 0 radical (unpaired) electrons. The first-order valence-corrected chi connectivity index (χ1v) is 8.89. The second-order valence-corrected chi connectivity index (χ2v) is 6.45. The molecule has 2 rings (SSSR count). The molecule has 5 nitrogen and oxygen atoms in total. The van der Waals surface area contributed by atoms with Crippen molar-refractivity contribution in [3.8, 4) is 0 Å². The van der Waals surface area contributed by atoms with Crippen molar-refractivity contribution in [1.82, 2.24) is 9.80 Å². The number of carbonyl (C=O) groups excluding carboxylic acids is 1. The van der Waals surface area contributed by atoms with Crippen molar-refractivity contribution in [2.75, 3.05) is 32.8 Å². The van der Waals surface area contributed by atoms with Crippen LogP contribution in [0.15, 0.2) is 24.0 Å². The number of hydrogen-bond acceptors (Lipinski definition) is 4. The average molecular weight is 321 g/mol. The maximum Gasteiger partial charge on any atom is 0.239 e. The molecule has 0 unspecified atom stereocenters. The summed E-state index contributed by atoms with van der Waals surface area (Å²) in [6, 6.07) is 0.129. The highest BCUT2D eigenvalue weighted by molar-refractivity contribution is 5.81. The molecule has 1 saturated heterocycles. The number of ether oxygens (including phenoxy) is 1. The highest BCUT2D eigenvalue weighted by Crippen LogP contribution is 2.14. The maximum atomic E-state index is 12.1. The monoisotopic (exact) mass is 321 g/mol. The second-order valence-electron chi connectivity index (χ2n) is 6.45. The van der Waals surface area contributed by atoms with Gasteiger partial charge in [0.05, 0.1) is 12.6 Å². The molecule has 0 aromatic heterocycles. The topological polar surface area (TPSA) is 58.8 Å². The number of allylic oxidation sites excluding steroid dienone is 3. The standard InChI is InChI=1S/C18H31N3O2/c1-3-17(19)18(22)21-12-10-20(11-13-21)15(2)9-14-23-16-7-5-4-6-8-16/h5,7-8,15,17H,3-4,6,9-14,19H2,1-2H3/t15-,17-/m1/s1. The predicted molar refractivity (Wildman–Crippen MR) is 92.9 cm³/mol. The highest BCUT2D eigenvalue weighted by atomic mass is 16.5. The number of rotatable bonds is 7. The minimum atomic E-state index is -0.343. The van der Waals surface area contributed by atoms with E-state index in [1.165, 1.54) is 0 Å². The third kappa shape index (κ3) is 5.36. The highest BCUT2D eigenvalue weighted by Gasteiger charge is 2.26. The van der Waals surface area contributed by atoms with Gasteiger partial charge < -0.3 is 15.4 Å². The van der Waals surface area contributed by atoms with Crippen molar-refractivity contribution in [3.63, 3.8) is 0 Å². The van der Waals surface area contributed by atoms with E-state index in [-0.39, 0.29) is 11.9 Å². The van der Waals surface area contributed by atoms with Crippen molar-refractivity contribution < 1.29 is 9.53 Å². The Kier molecular flexibility index (Phi) is 7.12. The van der Waals surface area contributed by atoms with E-state index in [0.29, 0.717) is 12.5 Å². The molecule has 0 aromatic carbocycles. The van der Waals surface area contributed by atoms with Gasteiger partial charge in [-0.25, -0.2) is 0 Å². The Morgan fingerprint density at radius 1 is 1.30 bits per heavy atom. The lowest BCUT2D eigenvalue weighted by Gasteiger charge is -2.38. The zero-order valence-electron chi connectivity index (χ0n) is 14.5. The molecule has 0 saturated carbocycles. The first-order valence-electron chi connectivity index (χ1n) is 8.89. The van der Waals surface area contributed by atoms with Crippen molar-refractivity contribution >= 4 is 5.91 Å². The first-order chi connectivity index (χ1) is 11.1. The van der Waals surface area contributed by atoms with Gasteiger partial charge >= 0.3 is 0 Å². The summed E-state index contributed by atoms with van der Waals surface area (Å²) >= 11 is 0. The summed E-state index contributed by atoms with van der Waals surface area (Å²) in [6.45, 7) is 8.36. The molecule has 23 heavy (non-hydrogen) atoms. The van der Waals surface area contributed by atoms with Crippen LogP contribution in [-0.2, 0) is 9.53 Å². The Morgan fingerprint density at radius 3 is 2.65 bits per heavy atom. The molecule has 1 fully saturated rings. The fourth-order valence-electron chi connectivity index (χ4n) is 3.02. The second kappa shape index (κ2) is 9.08. The van der Waals surface area contributed by atoms with Crippen molar-refractivity contribution in [3.05, 3.63) is 24.0 Å². The van der Waals surface area contributed by atoms with Gasteiger partial charge in [0.15, 0.2) is 0 Å². The van der Waals surface area contributed by atoms with Gasteiger partial charge in [-0.15, -0.1) is 0 Å². The van der Waals surface area contributed by atoms with Crippen LogP contribution in [-0.4, -0.2) is 60.6 Å². The summed E-state index contributed by atoms with van der Waals surface area (Å²) in [5, 5.41) is 0. The summed E-state index contributed by atoms with van der Waals surface area (Å²) in [4.78, 5) is 16.5. The largest absolute Gasteiger partial charge is 0.494 e. The minimum Gasteiger partial charge on any atom is -0.494 e. The maximum absolute atomic E-state index is 12.1. The normalized spacial score (nSPS) is 21.7. The van der Waals surface area contributed by atoms with Crippen LogP contribution in [0.4, 0.5) is 0 Å². The van der Waals surface area contributed by atoms with E-state index >= 15 is 0 Å². The van der Waals surface area contributed by atoms with E-state index < -0.39 is 0 Å². The van der Waals surface area contributed by atoms with Crippen LogP contribution in [0, 0.1) is 0 Å². The molecule has 0 bridgehead atoms. The van der Waals surface area contributed by atoms with Crippen LogP contribution in [0.2, 0.25) is 0 Å². The minimum absolute atomic E-state index is 0.0964. The van der Waals surface area contributed by atoms with Crippen LogP contribution in [0.25, 0.3) is 0 Å². The van der Waals surface area contributed by atoms with E-state index in [1.807, 2.05) is 11.8 Å². The molecule has 1 aliphatic heterocycles. The van der Waals surface area contributed by atoms with Gasteiger partial charge in [-0.2, -0.15) is 0 Å². The van der Waals surface area contributed by atoms with Crippen LogP contribution < -0.4 is 5.73 Å². The Labute approximate surface area is 140 Å². The molecule has 2 aliphatic rings. The third-order valence-corrected chi connectivity index (χ3v) is 4.77. The van der Waals surface area contributed by atoms with E-state index in [1.54, 1.807) is 0 Å². The lowest BCUT2D eigenvalue weighted by molar-refractivity contribution is -0.134. The molecule has 2 N–H and O–H groups in total. The molecule has 1 aliphatic carbocycles. The van der Waals surface area contributed by atoms with E-state index in [0.717, 1.165) is 57.8 Å². The average Bonchev–Trinajstić information content (AvgIpc) is 2.61. The quantitative estimate of drug-likeness (QED) is 0.778. The predicted octanol–water partition coefficient (Wildman–Crippen LogP) is 1.90. The van der Waals surface area contributed by atoms with Gasteiger partial charge in [-0.1, -0.05) is 13.0 Å². The Morgan fingerprint density at radius 2 is 2.04 bits per heavy atom. The molecule has 130 valence electrons. The zero-order chi connectivity index (χ0) is 16.7. The fourth-order valence-corrected chi connectivity index (χ4v) is 3.02. The van der Waals surface area contributed by atoms with Gasteiger partial charge in [-0.3, -0.25) is 9.69 Å². The van der Waals surface area contributed by atoms with Crippen LogP contribution in [0.1, 0.15) is 39.5 Å². The summed E-state index contributed by atoms with van der Waals surface area (Å²) in [7, 11) is 0. The number of carbonyl (C=O) groups is 1. The number of amides is 1. The molecule has 0 aromatic rings. The number of piperazine rings is 1. The van der Waals surface area contributed by atoms with Crippen molar-refractivity contribution in [2.24, 2.45) is 5.73 Å². The summed E-state index contributed by atoms with van der Waals surface area (Å²) < 4.78 is 5.82. The molecule has 1 heterocycles. The number of nitrogens with two attached hydrogens (primary N) is 1. The Hall–Kier alpha value is -1.33. The van der Waals surface area contributed by atoms with Gasteiger partial charge in [0.2, 0.25) is 5.91 Å². The smallest absolute Gasteiger partial charge is 0.239 e. The van der Waals surface area contributed by atoms with Crippen LogP contribution in [0.3, 0.4) is 0 Å². The number of hydrogen-bond donors (Lipinski definition) is 1. The molecular formula is C18H31N3O2. The number of nitrogens with zero attached hydrogens (tertiary/aromatic N) is 2. The third-order valence-electron chi connectivity index (χ3n) is 4.77. The van der Waals surface area contributed by atoms with Crippen LogP contribution >= 0.6 is 0 Å². The summed E-state index contributed by atoms with van der Waals surface area (Å²) in [6.07, 6.45) is 10.3. The van der Waals surface area contributed by atoms with Gasteiger partial charge in [0.25, 0.3) is 0 Å². The molecular weight excluding hydrogens is 290 g/mol. The Bertz CT molecular complexity index is 440. The molecule has 0 spiro atoms. The SMILES string of the molecule is CC[C@@H](N)C(=O)N1CCN([C@H](C)CCOC2=CCCC=C2)CC1. The zero-order valence-corrected chi connectivity index (χ0v) is 14.5. The first kappa shape index (κ1) is 18.0. The van der Waals surface area contributed by atoms with E-state index in [4.69, 9.17) is 10.5 Å². The molecule has 1 amide bonds.